The zero-order valence-corrected chi connectivity index (χ0v) is 19.7. The molecule has 9 nitrogen and oxygen atoms in total. The molecule has 1 saturated carbocycles. The van der Waals surface area contributed by atoms with Crippen molar-refractivity contribution in [2.75, 3.05) is 13.7 Å². The number of ether oxygens (including phenoxy) is 2. The molecule has 2 aromatic rings. The molecule has 0 spiro atoms. The summed E-state index contributed by atoms with van der Waals surface area (Å²) in [5.74, 6) is -1.80. The smallest absolute Gasteiger partial charge is 0.322 e. The number of aliphatic carboxylic acids is 1. The number of methoxy groups -OCH3 is 1. The number of aryl methyl sites for hydroxylation is 1. The highest BCUT2D eigenvalue weighted by molar-refractivity contribution is 6.22. The van der Waals surface area contributed by atoms with Crippen LogP contribution in [0.2, 0.25) is 0 Å². The van der Waals surface area contributed by atoms with Gasteiger partial charge in [-0.2, -0.15) is 0 Å². The zero-order valence-electron chi connectivity index (χ0n) is 19.7. The summed E-state index contributed by atoms with van der Waals surface area (Å²) in [7, 11) is 1.53. The van der Waals surface area contributed by atoms with Gasteiger partial charge in [-0.05, 0) is 61.9 Å². The second kappa shape index (κ2) is 10.2. The highest BCUT2D eigenvalue weighted by Crippen LogP contribution is 2.39. The van der Waals surface area contributed by atoms with Gasteiger partial charge in [0.25, 0.3) is 11.8 Å². The number of hydrogen-bond donors (Lipinski definition) is 2. The van der Waals surface area contributed by atoms with Gasteiger partial charge in [0.2, 0.25) is 5.91 Å². The van der Waals surface area contributed by atoms with E-state index in [1.165, 1.54) is 7.11 Å². The van der Waals surface area contributed by atoms with Gasteiger partial charge in [0, 0.05) is 0 Å². The minimum absolute atomic E-state index is 0.0402. The van der Waals surface area contributed by atoms with E-state index in [1.54, 1.807) is 43.3 Å². The highest BCUT2D eigenvalue weighted by Gasteiger charge is 2.42. The van der Waals surface area contributed by atoms with E-state index in [0.29, 0.717) is 28.2 Å². The van der Waals surface area contributed by atoms with E-state index in [9.17, 15) is 19.2 Å². The van der Waals surface area contributed by atoms with Crippen molar-refractivity contribution in [3.8, 4) is 11.5 Å². The molecule has 1 atom stereocenters. The first kappa shape index (κ1) is 24.3. The van der Waals surface area contributed by atoms with Crippen LogP contribution in [0.5, 0.6) is 11.5 Å². The van der Waals surface area contributed by atoms with Crippen molar-refractivity contribution >= 4 is 23.7 Å². The van der Waals surface area contributed by atoms with Gasteiger partial charge >= 0.3 is 5.97 Å². The fraction of sp³-hybridized carbons (Fsp3) is 0.385. The molecule has 1 aliphatic heterocycles. The number of fused-ring (bicyclic) bond motifs is 1. The summed E-state index contributed by atoms with van der Waals surface area (Å²) < 4.78 is 11.6. The monoisotopic (exact) mass is 480 g/mol. The third kappa shape index (κ3) is 4.99. The maximum Gasteiger partial charge on any atom is 0.322 e. The van der Waals surface area contributed by atoms with Crippen LogP contribution < -0.4 is 14.8 Å². The third-order valence-electron chi connectivity index (χ3n) is 6.45. The largest absolute Gasteiger partial charge is 0.493 e. The van der Waals surface area contributed by atoms with Crippen molar-refractivity contribution in [1.82, 2.24) is 10.2 Å². The average Bonchev–Trinajstić information content (AvgIpc) is 3.43. The molecule has 0 radical (unpaired) electrons. The highest BCUT2D eigenvalue weighted by atomic mass is 16.5. The number of nitrogens with one attached hydrogen (secondary N) is 1. The number of carbonyl (C=O) groups is 4. The van der Waals surface area contributed by atoms with E-state index in [2.05, 4.69) is 5.32 Å². The van der Waals surface area contributed by atoms with E-state index < -0.39 is 36.3 Å². The third-order valence-corrected chi connectivity index (χ3v) is 6.45. The van der Waals surface area contributed by atoms with E-state index in [1.807, 2.05) is 0 Å². The maximum atomic E-state index is 13.4. The standard InChI is InChI=1S/C26H28N2O7/c1-15-6-5-9-18-24(15)26(33)28(25(18)32)19(13-22(29)27-14-23(30)31)16-10-11-20(34-2)21(12-16)35-17-7-3-4-8-17/h5-6,9-12,17,19H,3-4,7-8,13-14H2,1-2H3,(H,27,29)(H,30,31). The molecular formula is C26H28N2O7. The molecule has 1 aliphatic carbocycles. The quantitative estimate of drug-likeness (QED) is 0.528. The number of amides is 3. The molecule has 9 heteroatoms. The lowest BCUT2D eigenvalue weighted by molar-refractivity contribution is -0.138. The summed E-state index contributed by atoms with van der Waals surface area (Å²) in [6.07, 6.45) is 3.74. The molecule has 1 fully saturated rings. The van der Waals surface area contributed by atoms with Crippen molar-refractivity contribution in [1.29, 1.82) is 0 Å². The second-order valence-corrected chi connectivity index (χ2v) is 8.80. The number of imide groups is 1. The Kier molecular flexibility index (Phi) is 7.04. The van der Waals surface area contributed by atoms with Crippen LogP contribution in [0.4, 0.5) is 0 Å². The molecule has 0 saturated heterocycles. The van der Waals surface area contributed by atoms with Crippen LogP contribution in [0.1, 0.15) is 70.0 Å². The molecule has 184 valence electrons. The van der Waals surface area contributed by atoms with Crippen LogP contribution >= 0.6 is 0 Å². The van der Waals surface area contributed by atoms with Gasteiger partial charge < -0.3 is 19.9 Å². The molecule has 0 bridgehead atoms. The Bertz CT molecular complexity index is 1170. The van der Waals surface area contributed by atoms with Gasteiger partial charge in [0.05, 0.1) is 36.8 Å². The second-order valence-electron chi connectivity index (χ2n) is 8.80. The van der Waals surface area contributed by atoms with Gasteiger partial charge in [-0.3, -0.25) is 24.1 Å². The summed E-state index contributed by atoms with van der Waals surface area (Å²) in [6.45, 7) is 1.19. The maximum absolute atomic E-state index is 13.4. The number of carbonyl (C=O) groups excluding carboxylic acids is 3. The number of carboxylic acids is 1. The summed E-state index contributed by atoms with van der Waals surface area (Å²) in [4.78, 5) is 51.4. The lowest BCUT2D eigenvalue weighted by Crippen LogP contribution is -2.38. The molecule has 1 unspecified atom stereocenters. The summed E-state index contributed by atoms with van der Waals surface area (Å²) in [6, 6.07) is 9.15. The summed E-state index contributed by atoms with van der Waals surface area (Å²) in [5.41, 5.74) is 1.76. The first-order valence-corrected chi connectivity index (χ1v) is 11.6. The van der Waals surface area contributed by atoms with Gasteiger partial charge in [0.15, 0.2) is 11.5 Å². The van der Waals surface area contributed by atoms with Crippen molar-refractivity contribution < 1.29 is 33.8 Å². The Morgan fingerprint density at radius 1 is 1.11 bits per heavy atom. The molecule has 2 N–H and O–H groups in total. The summed E-state index contributed by atoms with van der Waals surface area (Å²) in [5, 5.41) is 11.2. The van der Waals surface area contributed by atoms with Crippen molar-refractivity contribution in [3.63, 3.8) is 0 Å². The van der Waals surface area contributed by atoms with Crippen LogP contribution in [0.3, 0.4) is 0 Å². The molecule has 1 heterocycles. The van der Waals surface area contributed by atoms with Crippen molar-refractivity contribution in [3.05, 3.63) is 58.7 Å². The van der Waals surface area contributed by atoms with Gasteiger partial charge in [0.1, 0.15) is 6.54 Å². The van der Waals surface area contributed by atoms with Gasteiger partial charge in [-0.25, -0.2) is 0 Å². The lowest BCUT2D eigenvalue weighted by atomic mass is 10.0. The van der Waals surface area contributed by atoms with Crippen LogP contribution in [0, 0.1) is 6.92 Å². The van der Waals surface area contributed by atoms with Crippen molar-refractivity contribution in [2.45, 2.75) is 51.2 Å². The number of rotatable bonds is 9. The molecule has 2 aromatic carbocycles. The predicted octanol–water partition coefficient (Wildman–Crippen LogP) is 3.25. The first-order chi connectivity index (χ1) is 16.8. The fourth-order valence-electron chi connectivity index (χ4n) is 4.71. The zero-order chi connectivity index (χ0) is 25.1. The van der Waals surface area contributed by atoms with Crippen LogP contribution in [-0.4, -0.2) is 53.5 Å². The Balaban J connectivity index is 1.72. The Hall–Kier alpha value is -3.88. The van der Waals surface area contributed by atoms with E-state index in [4.69, 9.17) is 14.6 Å². The SMILES string of the molecule is COc1ccc(C(CC(=O)NCC(=O)O)N2C(=O)c3cccc(C)c3C2=O)cc1OC1CCCC1. The Morgan fingerprint density at radius 3 is 2.51 bits per heavy atom. The topological polar surface area (TPSA) is 122 Å². The van der Waals surface area contributed by atoms with Gasteiger partial charge in [-0.15, -0.1) is 0 Å². The molecular weight excluding hydrogens is 452 g/mol. The predicted molar refractivity (Wildman–Crippen MR) is 126 cm³/mol. The molecule has 3 amide bonds. The average molecular weight is 481 g/mol. The van der Waals surface area contributed by atoms with Crippen LogP contribution in [-0.2, 0) is 9.59 Å². The number of hydrogen-bond acceptors (Lipinski definition) is 6. The number of benzene rings is 2. The molecule has 35 heavy (non-hydrogen) atoms. The Labute approximate surface area is 203 Å². The molecule has 0 aromatic heterocycles. The minimum atomic E-state index is -1.19. The van der Waals surface area contributed by atoms with E-state index in [-0.39, 0.29) is 18.1 Å². The first-order valence-electron chi connectivity index (χ1n) is 11.6. The van der Waals surface area contributed by atoms with Crippen LogP contribution in [0.15, 0.2) is 36.4 Å². The summed E-state index contributed by atoms with van der Waals surface area (Å²) >= 11 is 0. The minimum Gasteiger partial charge on any atom is -0.493 e. The normalized spacial score (nSPS) is 16.2. The number of carboxylic acid groups (broad SMARTS) is 1. The van der Waals surface area contributed by atoms with E-state index in [0.717, 1.165) is 30.6 Å². The van der Waals surface area contributed by atoms with E-state index >= 15 is 0 Å². The molecule has 2 aliphatic rings. The Morgan fingerprint density at radius 2 is 1.86 bits per heavy atom. The van der Waals surface area contributed by atoms with Crippen LogP contribution in [0.25, 0.3) is 0 Å². The fourth-order valence-corrected chi connectivity index (χ4v) is 4.71. The lowest BCUT2D eigenvalue weighted by Gasteiger charge is -2.27. The molecule has 4 rings (SSSR count). The van der Waals surface area contributed by atoms with Crippen molar-refractivity contribution in [2.24, 2.45) is 0 Å². The van der Waals surface area contributed by atoms with Gasteiger partial charge in [-0.1, -0.05) is 18.2 Å². The number of nitrogens with zero attached hydrogens (tertiary/aromatic N) is 1.